The van der Waals surface area contributed by atoms with Gasteiger partial charge in [0.25, 0.3) is 0 Å². The second-order valence-electron chi connectivity index (χ2n) is 8.29. The van der Waals surface area contributed by atoms with E-state index in [1.165, 1.54) is 24.5 Å². The van der Waals surface area contributed by atoms with Crippen LogP contribution < -0.4 is 15.4 Å². The Morgan fingerprint density at radius 1 is 1.24 bits per heavy atom. The van der Waals surface area contributed by atoms with Crippen LogP contribution in [0, 0.1) is 11.7 Å². The van der Waals surface area contributed by atoms with Crippen LogP contribution in [0.25, 0.3) is 0 Å². The molecule has 0 amide bonds. The van der Waals surface area contributed by atoms with Crippen LogP contribution in [0.15, 0.2) is 66.2 Å². The first kappa shape index (κ1) is 25.0. The lowest BCUT2D eigenvalue weighted by molar-refractivity contribution is 0.285. The van der Waals surface area contributed by atoms with Gasteiger partial charge < -0.3 is 19.9 Å². The first-order valence-electron chi connectivity index (χ1n) is 11.0. The first-order valence-corrected chi connectivity index (χ1v) is 11.0. The number of aliphatic imine (C=N–C) groups is 1. The van der Waals surface area contributed by atoms with Crippen LogP contribution >= 0.6 is 24.0 Å². The van der Waals surface area contributed by atoms with Gasteiger partial charge >= 0.3 is 0 Å². The summed E-state index contributed by atoms with van der Waals surface area (Å²) in [4.78, 5) is 8.40. The fourth-order valence-electron chi connectivity index (χ4n) is 3.49. The zero-order chi connectivity index (χ0) is 22.3. The maximum Gasteiger partial charge on any atom is 0.191 e. The number of guanidine groups is 1. The monoisotopic (exact) mass is 563 g/mol. The molecular weight excluding hydrogens is 532 g/mol. The van der Waals surface area contributed by atoms with Gasteiger partial charge in [-0.2, -0.15) is 0 Å². The Kier molecular flexibility index (Phi) is 9.11. The third-order valence-corrected chi connectivity index (χ3v) is 5.58. The number of nitrogens with one attached hydrogen (secondary N) is 2. The average molecular weight is 563 g/mol. The molecule has 1 atom stereocenters. The zero-order valence-corrected chi connectivity index (χ0v) is 21.3. The van der Waals surface area contributed by atoms with Crippen molar-refractivity contribution in [1.29, 1.82) is 0 Å². The van der Waals surface area contributed by atoms with Crippen molar-refractivity contribution >= 4 is 29.9 Å². The fourth-order valence-corrected chi connectivity index (χ4v) is 3.49. The normalized spacial score (nSPS) is 14.3. The highest BCUT2D eigenvalue weighted by Gasteiger charge is 2.22. The molecule has 0 radical (unpaired) electrons. The molecule has 1 aliphatic rings. The molecule has 1 aromatic heterocycles. The molecule has 0 saturated heterocycles. The Balaban J connectivity index is 0.00000306. The minimum atomic E-state index is -0.325. The molecule has 2 N–H and O–H groups in total. The van der Waals surface area contributed by atoms with Crippen molar-refractivity contribution in [3.8, 4) is 5.75 Å². The summed E-state index contributed by atoms with van der Waals surface area (Å²) in [5, 5.41) is 6.67. The second-order valence-corrected chi connectivity index (χ2v) is 8.29. The smallest absolute Gasteiger partial charge is 0.191 e. The molecule has 1 heterocycles. The summed E-state index contributed by atoms with van der Waals surface area (Å²) in [5.74, 6) is 1.25. The van der Waals surface area contributed by atoms with E-state index in [-0.39, 0.29) is 35.8 Å². The maximum atomic E-state index is 14.4. The molecule has 8 heteroatoms. The van der Waals surface area contributed by atoms with Crippen molar-refractivity contribution < 1.29 is 9.13 Å². The molecule has 3 aromatic rings. The number of ether oxygens (including phenoxy) is 1. The van der Waals surface area contributed by atoms with E-state index in [2.05, 4.69) is 44.9 Å². The summed E-state index contributed by atoms with van der Waals surface area (Å²) >= 11 is 0. The predicted molar refractivity (Wildman–Crippen MR) is 140 cm³/mol. The quantitative estimate of drug-likeness (QED) is 0.221. The van der Waals surface area contributed by atoms with Gasteiger partial charge in [-0.3, -0.25) is 4.99 Å². The van der Waals surface area contributed by atoms with Crippen LogP contribution in [0.5, 0.6) is 5.75 Å². The zero-order valence-electron chi connectivity index (χ0n) is 19.0. The Morgan fingerprint density at radius 3 is 2.76 bits per heavy atom. The van der Waals surface area contributed by atoms with Gasteiger partial charge in [-0.15, -0.1) is 24.0 Å². The van der Waals surface area contributed by atoms with Gasteiger partial charge in [0, 0.05) is 32.5 Å². The summed E-state index contributed by atoms with van der Waals surface area (Å²) in [6.07, 6.45) is 7.91. The largest absolute Gasteiger partial charge is 0.490 e. The summed E-state index contributed by atoms with van der Waals surface area (Å²) in [6, 6.07) is 13.4. The van der Waals surface area contributed by atoms with E-state index in [9.17, 15) is 4.39 Å². The SMILES string of the molecule is CN=C(NCc1cccc(Cn2ccnc2)c1)NC(C)c1ccc(OCC2CC2)c(F)c1.I. The van der Waals surface area contributed by atoms with E-state index in [0.29, 0.717) is 30.8 Å². The number of halogens is 2. The van der Waals surface area contributed by atoms with Gasteiger partial charge in [0.1, 0.15) is 0 Å². The Labute approximate surface area is 211 Å². The molecule has 176 valence electrons. The molecule has 0 spiro atoms. The topological polar surface area (TPSA) is 63.5 Å². The summed E-state index contributed by atoms with van der Waals surface area (Å²) < 4.78 is 22.1. The number of aromatic nitrogens is 2. The van der Waals surface area contributed by atoms with E-state index in [1.807, 2.05) is 30.1 Å². The van der Waals surface area contributed by atoms with Gasteiger partial charge in [-0.25, -0.2) is 9.37 Å². The molecular formula is C25H31FIN5O. The first-order chi connectivity index (χ1) is 15.6. The average Bonchev–Trinajstić information content (AvgIpc) is 3.49. The standard InChI is InChI=1S/C25H30FN5O.HI/c1-18(22-8-9-24(23(26)13-22)32-16-19-6-7-19)30-25(27-2)29-14-20-4-3-5-21(12-20)15-31-11-10-28-17-31;/h3-5,8-13,17-19H,6-7,14-16H2,1-2H3,(H2,27,29,30);1H. The number of imidazole rings is 1. The van der Waals surface area contributed by atoms with E-state index < -0.39 is 0 Å². The lowest BCUT2D eigenvalue weighted by Gasteiger charge is -2.19. The Bertz CT molecular complexity index is 1050. The Hall–Kier alpha value is -2.62. The van der Waals surface area contributed by atoms with Crippen molar-refractivity contribution in [2.75, 3.05) is 13.7 Å². The third-order valence-electron chi connectivity index (χ3n) is 5.58. The molecule has 1 unspecified atom stereocenters. The summed E-state index contributed by atoms with van der Waals surface area (Å²) in [7, 11) is 1.73. The van der Waals surface area contributed by atoms with Gasteiger partial charge in [0.2, 0.25) is 0 Å². The highest BCUT2D eigenvalue weighted by Crippen LogP contribution is 2.30. The number of benzene rings is 2. The predicted octanol–water partition coefficient (Wildman–Crippen LogP) is 4.90. The molecule has 1 aliphatic carbocycles. The lowest BCUT2D eigenvalue weighted by Crippen LogP contribution is -2.38. The van der Waals surface area contributed by atoms with Crippen molar-refractivity contribution in [3.05, 3.63) is 83.7 Å². The van der Waals surface area contributed by atoms with Crippen molar-refractivity contribution in [2.24, 2.45) is 10.9 Å². The van der Waals surface area contributed by atoms with E-state index >= 15 is 0 Å². The van der Waals surface area contributed by atoms with Crippen LogP contribution in [-0.4, -0.2) is 29.2 Å². The van der Waals surface area contributed by atoms with Crippen LogP contribution in [0.4, 0.5) is 4.39 Å². The van der Waals surface area contributed by atoms with Crippen LogP contribution in [0.1, 0.15) is 42.5 Å². The van der Waals surface area contributed by atoms with Crippen LogP contribution in [-0.2, 0) is 13.1 Å². The van der Waals surface area contributed by atoms with Crippen molar-refractivity contribution in [1.82, 2.24) is 20.2 Å². The minimum Gasteiger partial charge on any atom is -0.490 e. The molecule has 2 aromatic carbocycles. The molecule has 33 heavy (non-hydrogen) atoms. The molecule has 1 saturated carbocycles. The second kappa shape index (κ2) is 12.0. The van der Waals surface area contributed by atoms with Crippen LogP contribution in [0.2, 0.25) is 0 Å². The van der Waals surface area contributed by atoms with E-state index in [1.54, 1.807) is 19.3 Å². The van der Waals surface area contributed by atoms with Gasteiger partial charge in [-0.05, 0) is 54.5 Å². The number of rotatable bonds is 9. The van der Waals surface area contributed by atoms with E-state index in [4.69, 9.17) is 4.74 Å². The van der Waals surface area contributed by atoms with Gasteiger partial charge in [-0.1, -0.05) is 30.3 Å². The van der Waals surface area contributed by atoms with Crippen molar-refractivity contribution in [3.63, 3.8) is 0 Å². The molecule has 6 nitrogen and oxygen atoms in total. The summed E-state index contributed by atoms with van der Waals surface area (Å²) in [6.45, 7) is 4.00. The minimum absolute atomic E-state index is 0. The Morgan fingerprint density at radius 2 is 2.06 bits per heavy atom. The van der Waals surface area contributed by atoms with Gasteiger partial charge in [0.05, 0.1) is 19.0 Å². The van der Waals surface area contributed by atoms with Gasteiger partial charge in [0.15, 0.2) is 17.5 Å². The van der Waals surface area contributed by atoms with E-state index in [0.717, 1.165) is 17.7 Å². The highest BCUT2D eigenvalue weighted by atomic mass is 127. The number of hydrogen-bond acceptors (Lipinski definition) is 3. The summed E-state index contributed by atoms with van der Waals surface area (Å²) in [5.41, 5.74) is 3.20. The number of nitrogens with zero attached hydrogens (tertiary/aromatic N) is 3. The molecule has 0 aliphatic heterocycles. The maximum absolute atomic E-state index is 14.4. The lowest BCUT2D eigenvalue weighted by atomic mass is 10.1. The van der Waals surface area contributed by atoms with Crippen molar-refractivity contribution in [2.45, 2.75) is 38.9 Å². The number of hydrogen-bond donors (Lipinski definition) is 2. The molecule has 1 fully saturated rings. The molecule has 0 bridgehead atoms. The third kappa shape index (κ3) is 7.45. The fraction of sp³-hybridized carbons (Fsp3) is 0.360. The highest BCUT2D eigenvalue weighted by molar-refractivity contribution is 14.0. The molecule has 4 rings (SSSR count). The van der Waals surface area contributed by atoms with Crippen LogP contribution in [0.3, 0.4) is 0 Å².